The molecule has 0 saturated heterocycles. The van der Waals surface area contributed by atoms with E-state index >= 15 is 0 Å². The first-order chi connectivity index (χ1) is 17.0. The van der Waals surface area contributed by atoms with Gasteiger partial charge >= 0.3 is 11.8 Å². The lowest BCUT2D eigenvalue weighted by molar-refractivity contribution is -0.137. The molecular weight excluding hydrogens is 516 g/mol. The summed E-state index contributed by atoms with van der Waals surface area (Å²) in [6, 6.07) is 13.3. The van der Waals surface area contributed by atoms with Crippen molar-refractivity contribution in [1.29, 1.82) is 0 Å². The van der Waals surface area contributed by atoms with Gasteiger partial charge < -0.3 is 15.5 Å². The van der Waals surface area contributed by atoms with Crippen LogP contribution in [0.2, 0.25) is 10.0 Å². The van der Waals surface area contributed by atoms with E-state index in [4.69, 9.17) is 33.4 Å². The number of fused-ring (bicyclic) bond motifs is 1. The highest BCUT2D eigenvalue weighted by molar-refractivity contribution is 6.32. The lowest BCUT2D eigenvalue weighted by Gasteiger charge is -2.16. The Kier molecular flexibility index (Phi) is 7.13. The van der Waals surface area contributed by atoms with Crippen LogP contribution in [0.1, 0.15) is 22.3 Å². The molecule has 186 valence electrons. The summed E-state index contributed by atoms with van der Waals surface area (Å²) in [7, 11) is 0. The zero-order chi connectivity index (χ0) is 26.2. The van der Waals surface area contributed by atoms with Gasteiger partial charge in [-0.2, -0.15) is 13.2 Å². The smallest absolute Gasteiger partial charge is 0.418 e. The van der Waals surface area contributed by atoms with E-state index in [0.29, 0.717) is 27.1 Å². The zero-order valence-corrected chi connectivity index (χ0v) is 20.3. The van der Waals surface area contributed by atoms with Crippen molar-refractivity contribution in [3.05, 3.63) is 97.3 Å². The maximum absolute atomic E-state index is 13.5. The van der Waals surface area contributed by atoms with Crippen molar-refractivity contribution < 1.29 is 22.4 Å². The van der Waals surface area contributed by atoms with Gasteiger partial charge in [-0.1, -0.05) is 41.4 Å². The van der Waals surface area contributed by atoms with Crippen LogP contribution < -0.4 is 16.7 Å². The van der Waals surface area contributed by atoms with E-state index < -0.39 is 35.4 Å². The minimum atomic E-state index is -4.75. The van der Waals surface area contributed by atoms with Crippen molar-refractivity contribution in [2.45, 2.75) is 26.1 Å². The summed E-state index contributed by atoms with van der Waals surface area (Å²) in [6.07, 6.45) is -5.29. The highest BCUT2D eigenvalue weighted by Crippen LogP contribution is 2.37. The Labute approximate surface area is 213 Å². The Balaban J connectivity index is 1.85. The molecule has 0 radical (unpaired) electrons. The number of aryl methyl sites for hydroxylation is 1. The van der Waals surface area contributed by atoms with E-state index in [2.05, 4.69) is 5.32 Å². The first kappa shape index (κ1) is 25.8. The Morgan fingerprint density at radius 2 is 1.83 bits per heavy atom. The van der Waals surface area contributed by atoms with Crippen LogP contribution in [0, 0.1) is 6.92 Å². The number of hydrogen-bond donors (Lipinski definition) is 2. The largest absolute Gasteiger partial charge is 0.422 e. The van der Waals surface area contributed by atoms with Gasteiger partial charge in [0.1, 0.15) is 5.58 Å². The van der Waals surface area contributed by atoms with Gasteiger partial charge in [0.15, 0.2) is 0 Å². The molecule has 0 aliphatic heterocycles. The fourth-order valence-electron chi connectivity index (χ4n) is 3.93. The molecule has 3 N–H and O–H groups in total. The summed E-state index contributed by atoms with van der Waals surface area (Å²) in [4.78, 5) is 26.0. The topological polar surface area (TPSA) is 85.3 Å². The first-order valence-corrected chi connectivity index (χ1v) is 11.5. The minimum Gasteiger partial charge on any atom is -0.422 e. The predicted octanol–water partition coefficient (Wildman–Crippen LogP) is 6.73. The number of anilines is 1. The summed E-state index contributed by atoms with van der Waals surface area (Å²) >= 11 is 11.9. The molecule has 4 aromatic rings. The minimum absolute atomic E-state index is 0.0154. The molecule has 0 aliphatic rings. The van der Waals surface area contributed by atoms with Crippen molar-refractivity contribution in [3.63, 3.8) is 0 Å². The quantitative estimate of drug-likeness (QED) is 0.278. The number of carbonyl (C=O) groups excluding carboxylic acids is 1. The normalized spacial score (nSPS) is 11.6. The molecule has 4 rings (SSSR count). The molecule has 0 spiro atoms. The number of nitrogens with one attached hydrogen (secondary N) is 1. The SMILES string of the molecule is Cc1cc2c(-c3cccc(CN)c3)c(CC(=O)Nc3ccc(Cl)cc3C(F)(F)F)c(=O)oc2cc1Cl. The van der Waals surface area contributed by atoms with Crippen molar-refractivity contribution in [1.82, 2.24) is 0 Å². The van der Waals surface area contributed by atoms with Gasteiger partial charge in [-0.15, -0.1) is 0 Å². The standard InChI is InChI=1S/C26H19Cl2F3N2O3/c1-13-7-17-22(11-20(13)28)36-25(35)18(24(17)15-4-2-3-14(8-15)12-32)10-23(34)33-21-6-5-16(27)9-19(21)26(29,30)31/h2-9,11H,10,12,32H2,1H3,(H,33,34). The average molecular weight is 535 g/mol. The van der Waals surface area contributed by atoms with Crippen LogP contribution in [-0.4, -0.2) is 5.91 Å². The molecule has 1 heterocycles. The maximum Gasteiger partial charge on any atom is 0.418 e. The number of amides is 1. The molecule has 0 unspecified atom stereocenters. The Hall–Kier alpha value is -3.33. The van der Waals surface area contributed by atoms with Crippen LogP contribution >= 0.6 is 23.2 Å². The van der Waals surface area contributed by atoms with Crippen LogP contribution in [0.5, 0.6) is 0 Å². The summed E-state index contributed by atoms with van der Waals surface area (Å²) in [5, 5.41) is 3.03. The maximum atomic E-state index is 13.5. The monoisotopic (exact) mass is 534 g/mol. The molecule has 1 aromatic heterocycles. The summed E-state index contributed by atoms with van der Waals surface area (Å²) in [5.41, 5.74) is 6.10. The third-order valence-corrected chi connectivity index (χ3v) is 6.27. The van der Waals surface area contributed by atoms with E-state index in [-0.39, 0.29) is 22.7 Å². The van der Waals surface area contributed by atoms with Crippen LogP contribution in [0.3, 0.4) is 0 Å². The highest BCUT2D eigenvalue weighted by atomic mass is 35.5. The van der Waals surface area contributed by atoms with Gasteiger partial charge in [-0.05, 0) is 53.9 Å². The number of hydrogen-bond acceptors (Lipinski definition) is 4. The fourth-order valence-corrected chi connectivity index (χ4v) is 4.25. The molecule has 0 atom stereocenters. The summed E-state index contributed by atoms with van der Waals surface area (Å²) < 4.78 is 45.9. The van der Waals surface area contributed by atoms with E-state index in [9.17, 15) is 22.8 Å². The van der Waals surface area contributed by atoms with E-state index in [0.717, 1.165) is 17.7 Å². The molecule has 0 bridgehead atoms. The molecule has 3 aromatic carbocycles. The fraction of sp³-hybridized carbons (Fsp3) is 0.154. The molecule has 5 nitrogen and oxygen atoms in total. The number of rotatable bonds is 5. The van der Waals surface area contributed by atoms with Gasteiger partial charge in [-0.3, -0.25) is 4.79 Å². The lowest BCUT2D eigenvalue weighted by atomic mass is 9.93. The lowest BCUT2D eigenvalue weighted by Crippen LogP contribution is -2.22. The molecule has 1 amide bonds. The summed E-state index contributed by atoms with van der Waals surface area (Å²) in [6.45, 7) is 2.02. The van der Waals surface area contributed by atoms with Crippen molar-refractivity contribution >= 4 is 45.8 Å². The van der Waals surface area contributed by atoms with E-state index in [1.807, 2.05) is 6.07 Å². The predicted molar refractivity (Wildman–Crippen MR) is 134 cm³/mol. The number of nitrogens with two attached hydrogens (primary N) is 1. The van der Waals surface area contributed by atoms with E-state index in [1.165, 1.54) is 12.1 Å². The van der Waals surface area contributed by atoms with Crippen molar-refractivity contribution in [3.8, 4) is 11.1 Å². The van der Waals surface area contributed by atoms with Crippen molar-refractivity contribution in [2.24, 2.45) is 5.73 Å². The molecule has 0 saturated carbocycles. The molecule has 36 heavy (non-hydrogen) atoms. The van der Waals surface area contributed by atoms with Gasteiger partial charge in [0.2, 0.25) is 5.91 Å². The van der Waals surface area contributed by atoms with Gasteiger partial charge in [0.05, 0.1) is 23.2 Å². The van der Waals surface area contributed by atoms with Gasteiger partial charge in [0.25, 0.3) is 0 Å². The summed E-state index contributed by atoms with van der Waals surface area (Å²) in [5.74, 6) is -0.837. The van der Waals surface area contributed by atoms with E-state index in [1.54, 1.807) is 31.2 Å². The van der Waals surface area contributed by atoms with Crippen LogP contribution in [-0.2, 0) is 23.9 Å². The molecule has 0 aliphatic carbocycles. The molecular formula is C26H19Cl2F3N2O3. The third-order valence-electron chi connectivity index (χ3n) is 5.63. The average Bonchev–Trinajstić information content (AvgIpc) is 2.81. The third kappa shape index (κ3) is 5.26. The zero-order valence-electron chi connectivity index (χ0n) is 18.8. The number of halogens is 5. The Morgan fingerprint density at radius 3 is 2.53 bits per heavy atom. The second-order valence-electron chi connectivity index (χ2n) is 8.16. The first-order valence-electron chi connectivity index (χ1n) is 10.7. The van der Waals surface area contributed by atoms with Crippen LogP contribution in [0.4, 0.5) is 18.9 Å². The number of carbonyl (C=O) groups is 1. The van der Waals surface area contributed by atoms with Gasteiger partial charge in [-0.25, -0.2) is 4.79 Å². The molecule has 10 heteroatoms. The number of benzene rings is 3. The highest BCUT2D eigenvalue weighted by Gasteiger charge is 2.34. The second kappa shape index (κ2) is 9.97. The van der Waals surface area contributed by atoms with Gasteiger partial charge in [0, 0.05) is 33.6 Å². The number of alkyl halides is 3. The van der Waals surface area contributed by atoms with Crippen molar-refractivity contribution in [2.75, 3.05) is 5.32 Å². The Bertz CT molecular complexity index is 1550. The second-order valence-corrected chi connectivity index (χ2v) is 9.00. The van der Waals surface area contributed by atoms with Crippen LogP contribution in [0.15, 0.2) is 63.8 Å². The Morgan fingerprint density at radius 1 is 1.08 bits per heavy atom. The molecule has 0 fully saturated rings. The van der Waals surface area contributed by atoms with Crippen LogP contribution in [0.25, 0.3) is 22.1 Å².